The van der Waals surface area contributed by atoms with Gasteiger partial charge in [-0.25, -0.2) is 15.0 Å². The number of rotatable bonds is 2. The number of aromatic nitrogens is 4. The van der Waals surface area contributed by atoms with Crippen LogP contribution in [0.25, 0.3) is 11.2 Å². The van der Waals surface area contributed by atoms with Crippen LogP contribution in [0.15, 0.2) is 12.7 Å². The van der Waals surface area contributed by atoms with E-state index in [2.05, 4.69) is 15.0 Å². The molecule has 3 heterocycles. The first kappa shape index (κ1) is 12.4. The lowest BCUT2D eigenvalue weighted by Crippen LogP contribution is -2.41. The molecule has 0 radical (unpaired) electrons. The molecular weight excluding hydrogens is 250 g/mol. The largest absolute Gasteiger partial charge is 0.394 e. The molecule has 0 spiro atoms. The molecule has 0 bridgehead atoms. The molecule has 1 aliphatic rings. The second kappa shape index (κ2) is 4.49. The van der Waals surface area contributed by atoms with E-state index < -0.39 is 24.5 Å². The topological polar surface area (TPSA) is 119 Å². The summed E-state index contributed by atoms with van der Waals surface area (Å²) in [5.74, 6) is 0. The summed E-state index contributed by atoms with van der Waals surface area (Å²) in [6.45, 7) is 1.59. The summed E-state index contributed by atoms with van der Waals surface area (Å²) in [5.41, 5.74) is 7.78. The van der Waals surface area contributed by atoms with Crippen molar-refractivity contribution in [3.05, 3.63) is 18.3 Å². The Bertz CT molecular complexity index is 601. The van der Waals surface area contributed by atoms with Crippen LogP contribution in [0.5, 0.6) is 0 Å². The van der Waals surface area contributed by atoms with Gasteiger partial charge in [0.25, 0.3) is 0 Å². The molecule has 0 saturated carbocycles. The van der Waals surface area contributed by atoms with Gasteiger partial charge >= 0.3 is 0 Å². The lowest BCUT2D eigenvalue weighted by atomic mass is 10.1. The standard InChI is InChI=1S/C11H15N5O3/c1-5-8-10(14-3-13-5)16(4-15-8)11-9(18)7(12)6(2-17)19-11/h3-4,6-7,9,11,17-18H,2,12H2,1H3/t6-,7-,9-,11-/m1/s1. The van der Waals surface area contributed by atoms with Gasteiger partial charge in [0.15, 0.2) is 11.9 Å². The maximum Gasteiger partial charge on any atom is 0.165 e. The fourth-order valence-corrected chi connectivity index (χ4v) is 2.31. The lowest BCUT2D eigenvalue weighted by Gasteiger charge is -2.16. The second-order valence-electron chi connectivity index (χ2n) is 4.60. The average Bonchev–Trinajstić information content (AvgIpc) is 2.94. The molecule has 2 aromatic heterocycles. The van der Waals surface area contributed by atoms with E-state index in [1.165, 1.54) is 12.7 Å². The highest BCUT2D eigenvalue weighted by Gasteiger charge is 2.42. The Morgan fingerprint density at radius 3 is 2.89 bits per heavy atom. The third-order valence-corrected chi connectivity index (χ3v) is 3.43. The zero-order valence-corrected chi connectivity index (χ0v) is 10.3. The summed E-state index contributed by atoms with van der Waals surface area (Å²) in [4.78, 5) is 12.4. The molecule has 19 heavy (non-hydrogen) atoms. The monoisotopic (exact) mass is 265 g/mol. The van der Waals surface area contributed by atoms with E-state index >= 15 is 0 Å². The van der Waals surface area contributed by atoms with E-state index in [1.807, 2.05) is 6.92 Å². The number of imidazole rings is 1. The lowest BCUT2D eigenvalue weighted by molar-refractivity contribution is -0.0488. The first-order valence-corrected chi connectivity index (χ1v) is 5.97. The number of nitrogens with two attached hydrogens (primary N) is 1. The third kappa shape index (κ3) is 1.80. The van der Waals surface area contributed by atoms with E-state index in [0.717, 1.165) is 5.69 Å². The van der Waals surface area contributed by atoms with Crippen LogP contribution in [0.2, 0.25) is 0 Å². The number of nitrogens with zero attached hydrogens (tertiary/aromatic N) is 4. The van der Waals surface area contributed by atoms with Crippen molar-refractivity contribution in [2.24, 2.45) is 5.73 Å². The number of ether oxygens (including phenoxy) is 1. The Hall–Kier alpha value is -1.61. The van der Waals surface area contributed by atoms with Crippen LogP contribution in [0.4, 0.5) is 0 Å². The predicted octanol–water partition coefficient (Wildman–Crippen LogP) is -1.29. The maximum atomic E-state index is 10.1. The van der Waals surface area contributed by atoms with Crippen molar-refractivity contribution in [2.75, 3.05) is 6.61 Å². The Balaban J connectivity index is 2.04. The van der Waals surface area contributed by atoms with Gasteiger partial charge in [-0.05, 0) is 6.92 Å². The molecule has 1 aliphatic heterocycles. The van der Waals surface area contributed by atoms with Gasteiger partial charge in [0, 0.05) is 0 Å². The highest BCUT2D eigenvalue weighted by molar-refractivity contribution is 5.72. The van der Waals surface area contributed by atoms with Gasteiger partial charge in [-0.2, -0.15) is 0 Å². The van der Waals surface area contributed by atoms with Gasteiger partial charge in [-0.3, -0.25) is 4.57 Å². The summed E-state index contributed by atoms with van der Waals surface area (Å²) in [6, 6.07) is -0.643. The Morgan fingerprint density at radius 2 is 2.21 bits per heavy atom. The number of hydrogen-bond acceptors (Lipinski definition) is 7. The van der Waals surface area contributed by atoms with Crippen LogP contribution < -0.4 is 5.73 Å². The van der Waals surface area contributed by atoms with Gasteiger partial charge in [0.05, 0.1) is 24.7 Å². The Labute approximate surface area is 108 Å². The molecule has 8 heteroatoms. The van der Waals surface area contributed by atoms with Gasteiger partial charge in [-0.15, -0.1) is 0 Å². The van der Waals surface area contributed by atoms with E-state index in [-0.39, 0.29) is 6.61 Å². The molecule has 8 nitrogen and oxygen atoms in total. The quantitative estimate of drug-likeness (QED) is 0.618. The summed E-state index contributed by atoms with van der Waals surface area (Å²) in [5, 5.41) is 19.3. The number of fused-ring (bicyclic) bond motifs is 1. The van der Waals surface area contributed by atoms with Crippen LogP contribution in [0, 0.1) is 6.92 Å². The van der Waals surface area contributed by atoms with Crippen molar-refractivity contribution in [1.29, 1.82) is 0 Å². The predicted molar refractivity (Wildman–Crippen MR) is 65.0 cm³/mol. The molecule has 4 atom stereocenters. The smallest absolute Gasteiger partial charge is 0.165 e. The SMILES string of the molecule is Cc1ncnc2c1ncn2[C@@H]1O[C@H](CO)[C@@H](N)[C@H]1O. The molecule has 0 aliphatic carbocycles. The van der Waals surface area contributed by atoms with Crippen molar-refractivity contribution in [1.82, 2.24) is 19.5 Å². The summed E-state index contributed by atoms with van der Waals surface area (Å²) in [7, 11) is 0. The van der Waals surface area contributed by atoms with Crippen LogP contribution in [-0.4, -0.2) is 54.6 Å². The first-order chi connectivity index (χ1) is 9.13. The van der Waals surface area contributed by atoms with Gasteiger partial charge < -0.3 is 20.7 Å². The highest BCUT2D eigenvalue weighted by atomic mass is 16.5. The third-order valence-electron chi connectivity index (χ3n) is 3.43. The average molecular weight is 265 g/mol. The first-order valence-electron chi connectivity index (χ1n) is 5.97. The number of hydrogen-bond donors (Lipinski definition) is 3. The molecule has 0 amide bonds. The minimum absolute atomic E-state index is 0.241. The van der Waals surface area contributed by atoms with Crippen LogP contribution in [0.1, 0.15) is 11.9 Å². The molecule has 4 N–H and O–H groups in total. The van der Waals surface area contributed by atoms with Gasteiger partial charge in [0.2, 0.25) is 0 Å². The number of aliphatic hydroxyl groups excluding tert-OH is 2. The molecule has 1 fully saturated rings. The minimum atomic E-state index is -0.926. The second-order valence-corrected chi connectivity index (χ2v) is 4.60. The van der Waals surface area contributed by atoms with E-state index in [1.54, 1.807) is 4.57 Å². The zero-order valence-electron chi connectivity index (χ0n) is 10.3. The molecule has 3 rings (SSSR count). The zero-order chi connectivity index (χ0) is 13.6. The van der Waals surface area contributed by atoms with E-state index in [0.29, 0.717) is 11.2 Å². The molecule has 1 saturated heterocycles. The molecule has 0 unspecified atom stereocenters. The summed E-state index contributed by atoms with van der Waals surface area (Å²) in [6.07, 6.45) is 0.740. The molecular formula is C11H15N5O3. The van der Waals surface area contributed by atoms with Gasteiger partial charge in [0.1, 0.15) is 24.1 Å². The maximum absolute atomic E-state index is 10.1. The normalized spacial score (nSPS) is 31.2. The summed E-state index contributed by atoms with van der Waals surface area (Å²) >= 11 is 0. The van der Waals surface area contributed by atoms with E-state index in [9.17, 15) is 5.11 Å². The highest BCUT2D eigenvalue weighted by Crippen LogP contribution is 2.30. The van der Waals surface area contributed by atoms with Crippen LogP contribution in [0.3, 0.4) is 0 Å². The fourth-order valence-electron chi connectivity index (χ4n) is 2.31. The number of aryl methyl sites for hydroxylation is 1. The van der Waals surface area contributed by atoms with Crippen molar-refractivity contribution in [3.8, 4) is 0 Å². The molecule has 102 valence electrons. The van der Waals surface area contributed by atoms with Gasteiger partial charge in [-0.1, -0.05) is 0 Å². The van der Waals surface area contributed by atoms with E-state index in [4.69, 9.17) is 15.6 Å². The summed E-state index contributed by atoms with van der Waals surface area (Å²) < 4.78 is 7.18. The van der Waals surface area contributed by atoms with Crippen molar-refractivity contribution in [3.63, 3.8) is 0 Å². The van der Waals surface area contributed by atoms with Crippen molar-refractivity contribution >= 4 is 11.2 Å². The van der Waals surface area contributed by atoms with Crippen molar-refractivity contribution in [2.45, 2.75) is 31.4 Å². The van der Waals surface area contributed by atoms with Crippen LogP contribution >= 0.6 is 0 Å². The van der Waals surface area contributed by atoms with Crippen molar-refractivity contribution < 1.29 is 14.9 Å². The Morgan fingerprint density at radius 1 is 1.42 bits per heavy atom. The number of aliphatic hydroxyl groups is 2. The minimum Gasteiger partial charge on any atom is -0.394 e. The fraction of sp³-hybridized carbons (Fsp3) is 0.545. The van der Waals surface area contributed by atoms with Crippen LogP contribution in [-0.2, 0) is 4.74 Å². The molecule has 2 aromatic rings. The Kier molecular flexibility index (Phi) is 2.94. The molecule has 0 aromatic carbocycles.